The van der Waals surface area contributed by atoms with E-state index in [-0.39, 0.29) is 0 Å². The van der Waals surface area contributed by atoms with Crippen molar-refractivity contribution in [2.75, 3.05) is 0 Å². The standard InChI is InChI=1S/C16H23N3O/c1-4-12(2)13(3)17-11-16-18-15(19-20-16)10-14-8-6-5-7-9-14/h5-9,12-13,17H,4,10-11H2,1-3H3. The normalized spacial score (nSPS) is 14.2. The molecule has 108 valence electrons. The van der Waals surface area contributed by atoms with Gasteiger partial charge in [-0.15, -0.1) is 0 Å². The summed E-state index contributed by atoms with van der Waals surface area (Å²) >= 11 is 0. The summed E-state index contributed by atoms with van der Waals surface area (Å²) in [6.07, 6.45) is 1.88. The van der Waals surface area contributed by atoms with E-state index in [0.717, 1.165) is 12.2 Å². The molecule has 1 aromatic carbocycles. The van der Waals surface area contributed by atoms with Gasteiger partial charge in [-0.1, -0.05) is 55.8 Å². The van der Waals surface area contributed by atoms with Crippen LogP contribution in [-0.4, -0.2) is 16.2 Å². The predicted octanol–water partition coefficient (Wildman–Crippen LogP) is 3.18. The molecule has 4 nitrogen and oxygen atoms in total. The average Bonchev–Trinajstić information content (AvgIpc) is 2.92. The molecule has 0 aliphatic rings. The lowest BCUT2D eigenvalue weighted by Crippen LogP contribution is -2.31. The van der Waals surface area contributed by atoms with E-state index in [9.17, 15) is 0 Å². The first-order valence-electron chi connectivity index (χ1n) is 7.27. The van der Waals surface area contributed by atoms with Crippen LogP contribution in [-0.2, 0) is 13.0 Å². The molecular formula is C16H23N3O. The molecule has 0 saturated carbocycles. The minimum Gasteiger partial charge on any atom is -0.338 e. The van der Waals surface area contributed by atoms with E-state index >= 15 is 0 Å². The maximum atomic E-state index is 5.28. The fraction of sp³-hybridized carbons (Fsp3) is 0.500. The number of aromatic nitrogens is 2. The maximum absolute atomic E-state index is 5.28. The molecule has 4 heteroatoms. The molecule has 1 aromatic heterocycles. The van der Waals surface area contributed by atoms with Crippen molar-refractivity contribution in [2.45, 2.75) is 46.2 Å². The van der Waals surface area contributed by atoms with Gasteiger partial charge in [0.25, 0.3) is 0 Å². The predicted molar refractivity (Wildman–Crippen MR) is 79.3 cm³/mol. The van der Waals surface area contributed by atoms with E-state index in [0.29, 0.717) is 30.8 Å². The summed E-state index contributed by atoms with van der Waals surface area (Å²) in [4.78, 5) is 4.42. The van der Waals surface area contributed by atoms with E-state index < -0.39 is 0 Å². The Labute approximate surface area is 120 Å². The molecule has 0 radical (unpaired) electrons. The maximum Gasteiger partial charge on any atom is 0.240 e. The summed E-state index contributed by atoms with van der Waals surface area (Å²) in [6, 6.07) is 10.6. The zero-order valence-corrected chi connectivity index (χ0v) is 12.5. The molecule has 0 aliphatic heterocycles. The lowest BCUT2D eigenvalue weighted by atomic mass is 10.0. The summed E-state index contributed by atoms with van der Waals surface area (Å²) in [5.74, 6) is 2.04. The van der Waals surface area contributed by atoms with Crippen molar-refractivity contribution in [3.05, 3.63) is 47.6 Å². The molecule has 0 amide bonds. The Morgan fingerprint density at radius 3 is 2.65 bits per heavy atom. The Kier molecular flexibility index (Phi) is 5.30. The highest BCUT2D eigenvalue weighted by atomic mass is 16.5. The number of nitrogens with one attached hydrogen (secondary N) is 1. The van der Waals surface area contributed by atoms with Gasteiger partial charge in [-0.25, -0.2) is 0 Å². The van der Waals surface area contributed by atoms with Crippen LogP contribution < -0.4 is 5.32 Å². The molecule has 0 saturated heterocycles. The van der Waals surface area contributed by atoms with E-state index in [1.165, 1.54) is 5.56 Å². The summed E-state index contributed by atoms with van der Waals surface area (Å²) in [6.45, 7) is 7.27. The van der Waals surface area contributed by atoms with Gasteiger partial charge in [0.1, 0.15) is 0 Å². The van der Waals surface area contributed by atoms with Crippen LogP contribution in [0, 0.1) is 5.92 Å². The van der Waals surface area contributed by atoms with E-state index in [1.807, 2.05) is 18.2 Å². The van der Waals surface area contributed by atoms with Gasteiger partial charge in [0.15, 0.2) is 5.82 Å². The second-order valence-electron chi connectivity index (χ2n) is 5.32. The van der Waals surface area contributed by atoms with Crippen molar-refractivity contribution >= 4 is 0 Å². The average molecular weight is 273 g/mol. The highest BCUT2D eigenvalue weighted by molar-refractivity contribution is 5.18. The van der Waals surface area contributed by atoms with Crippen LogP contribution in [0.3, 0.4) is 0 Å². The molecule has 0 bridgehead atoms. The minimum absolute atomic E-state index is 0.449. The number of hydrogen-bond acceptors (Lipinski definition) is 4. The molecule has 1 N–H and O–H groups in total. The lowest BCUT2D eigenvalue weighted by Gasteiger charge is -2.18. The summed E-state index contributed by atoms with van der Waals surface area (Å²) in [5, 5.41) is 7.46. The summed E-state index contributed by atoms with van der Waals surface area (Å²) in [5.41, 5.74) is 1.20. The fourth-order valence-corrected chi connectivity index (χ4v) is 2.02. The van der Waals surface area contributed by atoms with Gasteiger partial charge in [0.2, 0.25) is 5.89 Å². The molecule has 2 aromatic rings. The van der Waals surface area contributed by atoms with Gasteiger partial charge < -0.3 is 9.84 Å². The van der Waals surface area contributed by atoms with Crippen LogP contribution in [0.1, 0.15) is 44.5 Å². The first-order chi connectivity index (χ1) is 9.69. The fourth-order valence-electron chi connectivity index (χ4n) is 2.02. The smallest absolute Gasteiger partial charge is 0.240 e. The van der Waals surface area contributed by atoms with Crippen molar-refractivity contribution < 1.29 is 4.52 Å². The van der Waals surface area contributed by atoms with Crippen LogP contribution >= 0.6 is 0 Å². The third kappa shape index (κ3) is 4.17. The highest BCUT2D eigenvalue weighted by Crippen LogP contribution is 2.09. The zero-order valence-electron chi connectivity index (χ0n) is 12.5. The van der Waals surface area contributed by atoms with Crippen molar-refractivity contribution in [1.29, 1.82) is 0 Å². The Morgan fingerprint density at radius 2 is 1.95 bits per heavy atom. The van der Waals surface area contributed by atoms with Gasteiger partial charge in [0, 0.05) is 12.5 Å². The molecule has 2 atom stereocenters. The number of rotatable bonds is 7. The van der Waals surface area contributed by atoms with Crippen LogP contribution in [0.5, 0.6) is 0 Å². The monoisotopic (exact) mass is 273 g/mol. The summed E-state index contributed by atoms with van der Waals surface area (Å²) in [7, 11) is 0. The third-order valence-corrected chi connectivity index (χ3v) is 3.79. The van der Waals surface area contributed by atoms with Gasteiger partial charge >= 0.3 is 0 Å². The zero-order chi connectivity index (χ0) is 14.4. The first-order valence-corrected chi connectivity index (χ1v) is 7.27. The SMILES string of the molecule is CCC(C)C(C)NCc1nc(Cc2ccccc2)no1. The van der Waals surface area contributed by atoms with E-state index in [2.05, 4.69) is 48.4 Å². The number of benzene rings is 1. The van der Waals surface area contributed by atoms with Crippen molar-refractivity contribution in [3.63, 3.8) is 0 Å². The minimum atomic E-state index is 0.449. The second-order valence-corrected chi connectivity index (χ2v) is 5.32. The largest absolute Gasteiger partial charge is 0.338 e. The van der Waals surface area contributed by atoms with Gasteiger partial charge in [-0.2, -0.15) is 4.98 Å². The quantitative estimate of drug-likeness (QED) is 0.841. The number of hydrogen-bond donors (Lipinski definition) is 1. The Bertz CT molecular complexity index is 509. The summed E-state index contributed by atoms with van der Waals surface area (Å²) < 4.78 is 5.28. The molecule has 2 rings (SSSR count). The van der Waals surface area contributed by atoms with Crippen LogP contribution in [0.25, 0.3) is 0 Å². The Balaban J connectivity index is 1.86. The Morgan fingerprint density at radius 1 is 1.20 bits per heavy atom. The van der Waals surface area contributed by atoms with Crippen LogP contribution in [0.2, 0.25) is 0 Å². The van der Waals surface area contributed by atoms with E-state index in [4.69, 9.17) is 4.52 Å². The molecule has 1 heterocycles. The van der Waals surface area contributed by atoms with Crippen LogP contribution in [0.4, 0.5) is 0 Å². The molecule has 0 aliphatic carbocycles. The molecular weight excluding hydrogens is 250 g/mol. The first kappa shape index (κ1) is 14.7. The Hall–Kier alpha value is -1.68. The van der Waals surface area contributed by atoms with Gasteiger partial charge in [-0.3, -0.25) is 0 Å². The van der Waals surface area contributed by atoms with Crippen molar-refractivity contribution in [1.82, 2.24) is 15.5 Å². The molecule has 2 unspecified atom stereocenters. The third-order valence-electron chi connectivity index (χ3n) is 3.79. The molecule has 20 heavy (non-hydrogen) atoms. The second kappa shape index (κ2) is 7.20. The van der Waals surface area contributed by atoms with Gasteiger partial charge in [-0.05, 0) is 18.4 Å². The molecule has 0 fully saturated rings. The van der Waals surface area contributed by atoms with Crippen LogP contribution in [0.15, 0.2) is 34.9 Å². The highest BCUT2D eigenvalue weighted by Gasteiger charge is 2.12. The topological polar surface area (TPSA) is 51.0 Å². The lowest BCUT2D eigenvalue weighted by molar-refractivity contribution is 0.331. The van der Waals surface area contributed by atoms with Crippen molar-refractivity contribution in [2.24, 2.45) is 5.92 Å². The molecule has 0 spiro atoms. The number of nitrogens with zero attached hydrogens (tertiary/aromatic N) is 2. The van der Waals surface area contributed by atoms with Gasteiger partial charge in [0.05, 0.1) is 6.54 Å². The van der Waals surface area contributed by atoms with E-state index in [1.54, 1.807) is 0 Å². The van der Waals surface area contributed by atoms with Crippen molar-refractivity contribution in [3.8, 4) is 0 Å².